The number of hydrogen-bond acceptors (Lipinski definition) is 2. The molecule has 0 aliphatic carbocycles. The Morgan fingerprint density at radius 3 is 2.82 bits per heavy atom. The summed E-state index contributed by atoms with van der Waals surface area (Å²) in [5.41, 5.74) is 1.31. The number of nitrogens with zero attached hydrogens (tertiary/aromatic N) is 1. The van der Waals surface area contributed by atoms with E-state index in [-0.39, 0.29) is 5.91 Å². The van der Waals surface area contributed by atoms with Gasteiger partial charge < -0.3 is 10.0 Å². The Balaban J connectivity index is 2.03. The predicted octanol–water partition coefficient (Wildman–Crippen LogP) is 1.94. The van der Waals surface area contributed by atoms with Gasteiger partial charge in [0.2, 0.25) is 0 Å². The van der Waals surface area contributed by atoms with Gasteiger partial charge in [-0.05, 0) is 18.9 Å². The topological polar surface area (TPSA) is 40.5 Å². The first-order valence-corrected chi connectivity index (χ1v) is 5.77. The second kappa shape index (κ2) is 5.03. The van der Waals surface area contributed by atoms with Gasteiger partial charge in [-0.3, -0.25) is 4.79 Å². The summed E-state index contributed by atoms with van der Waals surface area (Å²) in [5.74, 6) is 2.48. The largest absolute Gasteiger partial charge is 0.369 e. The molecule has 1 atom stereocenters. The molecule has 3 nitrogen and oxygen atoms in total. The Labute approximate surface area is 101 Å². The highest BCUT2D eigenvalue weighted by atomic mass is 16.3. The summed E-state index contributed by atoms with van der Waals surface area (Å²) >= 11 is 0. The molecule has 0 saturated carbocycles. The van der Waals surface area contributed by atoms with Crippen LogP contribution in [0.5, 0.6) is 0 Å². The number of terminal acetylenes is 1. The lowest BCUT2D eigenvalue weighted by atomic mass is 10.1. The number of amides is 1. The van der Waals surface area contributed by atoms with Crippen LogP contribution in [-0.2, 0) is 0 Å². The van der Waals surface area contributed by atoms with Crippen molar-refractivity contribution in [1.29, 1.82) is 0 Å². The van der Waals surface area contributed by atoms with Gasteiger partial charge >= 0.3 is 0 Å². The van der Waals surface area contributed by atoms with E-state index in [2.05, 4.69) is 5.92 Å². The molecule has 3 heteroatoms. The van der Waals surface area contributed by atoms with Crippen LogP contribution in [0.25, 0.3) is 0 Å². The second-order valence-corrected chi connectivity index (χ2v) is 4.12. The van der Waals surface area contributed by atoms with E-state index in [1.807, 2.05) is 12.1 Å². The van der Waals surface area contributed by atoms with Gasteiger partial charge in [-0.2, -0.15) is 0 Å². The highest BCUT2D eigenvalue weighted by Gasteiger charge is 2.34. The molecule has 0 bridgehead atoms. The number of carbonyl (C=O) groups excluding carboxylic acids is 1. The standard InChI is InChI=1S/C14H15NO2/c1-2-3-4-7-10-15-13(16)11-8-5-6-9-12(11)14(15)17/h1,5-6,8-9,13,16H,3-4,7,10H2. The number of benzene rings is 1. The molecule has 2 rings (SSSR count). The number of aliphatic hydroxyl groups is 1. The summed E-state index contributed by atoms with van der Waals surface area (Å²) in [6.07, 6.45) is 6.78. The van der Waals surface area contributed by atoms with E-state index in [0.29, 0.717) is 24.1 Å². The molecule has 1 aromatic carbocycles. The highest BCUT2D eigenvalue weighted by Crippen LogP contribution is 2.31. The second-order valence-electron chi connectivity index (χ2n) is 4.12. The number of carbonyl (C=O) groups is 1. The van der Waals surface area contributed by atoms with Gasteiger partial charge in [-0.1, -0.05) is 18.2 Å². The van der Waals surface area contributed by atoms with Gasteiger partial charge in [0.1, 0.15) is 0 Å². The normalized spacial score (nSPS) is 18.0. The molecule has 0 aromatic heterocycles. The maximum Gasteiger partial charge on any atom is 0.256 e. The Morgan fingerprint density at radius 1 is 1.35 bits per heavy atom. The molecule has 1 aliphatic rings. The summed E-state index contributed by atoms with van der Waals surface area (Å²) in [5, 5.41) is 10.0. The van der Waals surface area contributed by atoms with Gasteiger partial charge in [-0.15, -0.1) is 12.3 Å². The maximum atomic E-state index is 12.0. The third kappa shape index (κ3) is 2.17. The highest BCUT2D eigenvalue weighted by molar-refractivity contribution is 5.98. The molecule has 1 aliphatic heterocycles. The predicted molar refractivity (Wildman–Crippen MR) is 65.1 cm³/mol. The first-order chi connectivity index (χ1) is 8.25. The van der Waals surface area contributed by atoms with E-state index in [9.17, 15) is 9.90 Å². The van der Waals surface area contributed by atoms with E-state index in [4.69, 9.17) is 6.42 Å². The Morgan fingerprint density at radius 2 is 2.12 bits per heavy atom. The summed E-state index contributed by atoms with van der Waals surface area (Å²) in [6.45, 7) is 0.552. The SMILES string of the molecule is C#CCCCCN1C(=O)c2ccccc2C1O. The fourth-order valence-corrected chi connectivity index (χ4v) is 2.08. The summed E-state index contributed by atoms with van der Waals surface area (Å²) < 4.78 is 0. The summed E-state index contributed by atoms with van der Waals surface area (Å²) in [4.78, 5) is 13.5. The first kappa shape index (κ1) is 11.7. The lowest BCUT2D eigenvalue weighted by Crippen LogP contribution is -2.28. The Hall–Kier alpha value is -1.79. The van der Waals surface area contributed by atoms with Gasteiger partial charge in [0, 0.05) is 24.1 Å². The molecule has 0 spiro atoms. The minimum atomic E-state index is -0.801. The average molecular weight is 229 g/mol. The van der Waals surface area contributed by atoms with Crippen molar-refractivity contribution in [3.63, 3.8) is 0 Å². The lowest BCUT2D eigenvalue weighted by Gasteiger charge is -2.20. The lowest BCUT2D eigenvalue weighted by molar-refractivity contribution is 0.0171. The zero-order valence-corrected chi connectivity index (χ0v) is 9.60. The first-order valence-electron chi connectivity index (χ1n) is 5.77. The molecule has 88 valence electrons. The third-order valence-corrected chi connectivity index (χ3v) is 3.00. The van der Waals surface area contributed by atoms with Gasteiger partial charge in [0.15, 0.2) is 6.23 Å². The maximum absolute atomic E-state index is 12.0. The zero-order valence-electron chi connectivity index (χ0n) is 9.60. The van der Waals surface area contributed by atoms with Crippen LogP contribution in [0.3, 0.4) is 0 Å². The fourth-order valence-electron chi connectivity index (χ4n) is 2.08. The van der Waals surface area contributed by atoms with Crippen molar-refractivity contribution >= 4 is 5.91 Å². The van der Waals surface area contributed by atoms with Crippen LogP contribution in [-0.4, -0.2) is 22.5 Å². The fraction of sp³-hybridized carbons (Fsp3) is 0.357. The molecule has 0 radical (unpaired) electrons. The minimum absolute atomic E-state index is 0.0891. The van der Waals surface area contributed by atoms with Crippen molar-refractivity contribution in [3.05, 3.63) is 35.4 Å². The molecular weight excluding hydrogens is 214 g/mol. The third-order valence-electron chi connectivity index (χ3n) is 3.00. The monoisotopic (exact) mass is 229 g/mol. The van der Waals surface area contributed by atoms with Crippen molar-refractivity contribution in [2.75, 3.05) is 6.54 Å². The summed E-state index contributed by atoms with van der Waals surface area (Å²) in [6, 6.07) is 7.18. The van der Waals surface area contributed by atoms with Crippen LogP contribution < -0.4 is 0 Å². The van der Waals surface area contributed by atoms with Gasteiger partial charge in [0.25, 0.3) is 5.91 Å². The van der Waals surface area contributed by atoms with Crippen molar-refractivity contribution in [2.24, 2.45) is 0 Å². The van der Waals surface area contributed by atoms with Crippen LogP contribution in [0.2, 0.25) is 0 Å². The van der Waals surface area contributed by atoms with Crippen molar-refractivity contribution in [3.8, 4) is 12.3 Å². The van der Waals surface area contributed by atoms with Crippen LogP contribution in [0.15, 0.2) is 24.3 Å². The van der Waals surface area contributed by atoms with Crippen LogP contribution >= 0.6 is 0 Å². The zero-order chi connectivity index (χ0) is 12.3. The van der Waals surface area contributed by atoms with E-state index >= 15 is 0 Å². The van der Waals surface area contributed by atoms with Gasteiger partial charge in [0.05, 0.1) is 0 Å². The molecular formula is C14H15NO2. The van der Waals surface area contributed by atoms with Crippen molar-refractivity contribution in [2.45, 2.75) is 25.5 Å². The Kier molecular flexibility index (Phi) is 3.46. The van der Waals surface area contributed by atoms with E-state index in [1.54, 1.807) is 12.1 Å². The number of rotatable bonds is 4. The van der Waals surface area contributed by atoms with Crippen LogP contribution in [0.4, 0.5) is 0 Å². The molecule has 1 N–H and O–H groups in total. The quantitative estimate of drug-likeness (QED) is 0.633. The molecule has 0 saturated heterocycles. The minimum Gasteiger partial charge on any atom is -0.369 e. The van der Waals surface area contributed by atoms with Crippen molar-refractivity contribution in [1.82, 2.24) is 4.90 Å². The molecule has 0 fully saturated rings. The molecule has 1 aromatic rings. The van der Waals surface area contributed by atoms with Crippen molar-refractivity contribution < 1.29 is 9.90 Å². The molecule has 1 heterocycles. The number of unbranched alkanes of at least 4 members (excludes halogenated alkanes) is 2. The molecule has 17 heavy (non-hydrogen) atoms. The number of hydrogen-bond donors (Lipinski definition) is 1. The number of fused-ring (bicyclic) bond motifs is 1. The van der Waals surface area contributed by atoms with E-state index in [0.717, 1.165) is 12.8 Å². The average Bonchev–Trinajstić information content (AvgIpc) is 2.60. The van der Waals surface area contributed by atoms with Gasteiger partial charge in [-0.25, -0.2) is 0 Å². The summed E-state index contributed by atoms with van der Waals surface area (Å²) in [7, 11) is 0. The van der Waals surface area contributed by atoms with E-state index in [1.165, 1.54) is 4.90 Å². The van der Waals surface area contributed by atoms with Crippen LogP contribution in [0, 0.1) is 12.3 Å². The smallest absolute Gasteiger partial charge is 0.256 e. The molecule has 1 unspecified atom stereocenters. The Bertz CT molecular complexity index is 462. The number of aliphatic hydroxyl groups excluding tert-OH is 1. The van der Waals surface area contributed by atoms with Crippen LogP contribution in [0.1, 0.15) is 41.4 Å². The van der Waals surface area contributed by atoms with E-state index < -0.39 is 6.23 Å². The molecule has 1 amide bonds.